The molecule has 0 fully saturated rings. The Balaban J connectivity index is 1.88. The minimum atomic E-state index is -0.388. The Labute approximate surface area is 135 Å². The summed E-state index contributed by atoms with van der Waals surface area (Å²) in [5.41, 5.74) is 6.12. The SMILES string of the molecule is CC(C)Oc1cccc(C(=O)NNC(=O)Cc2ccccc2)c1. The highest BCUT2D eigenvalue weighted by molar-refractivity contribution is 5.95. The smallest absolute Gasteiger partial charge is 0.269 e. The molecular formula is C18H20N2O3. The van der Waals surface area contributed by atoms with Crippen molar-refractivity contribution in [3.63, 3.8) is 0 Å². The molecular weight excluding hydrogens is 292 g/mol. The van der Waals surface area contributed by atoms with E-state index in [1.165, 1.54) is 0 Å². The number of hydrazine groups is 1. The van der Waals surface area contributed by atoms with Crippen LogP contribution in [0, 0.1) is 0 Å². The van der Waals surface area contributed by atoms with E-state index < -0.39 is 0 Å². The topological polar surface area (TPSA) is 67.4 Å². The maximum atomic E-state index is 12.1. The van der Waals surface area contributed by atoms with Crippen molar-refractivity contribution in [3.05, 3.63) is 65.7 Å². The largest absolute Gasteiger partial charge is 0.491 e. The second kappa shape index (κ2) is 7.98. The number of hydrogen-bond donors (Lipinski definition) is 2. The summed E-state index contributed by atoms with van der Waals surface area (Å²) in [6.07, 6.45) is 0.233. The van der Waals surface area contributed by atoms with Crippen LogP contribution in [-0.2, 0) is 11.2 Å². The van der Waals surface area contributed by atoms with Crippen LogP contribution in [0.15, 0.2) is 54.6 Å². The quantitative estimate of drug-likeness (QED) is 0.834. The van der Waals surface area contributed by atoms with Crippen LogP contribution in [0.4, 0.5) is 0 Å². The molecule has 0 saturated carbocycles. The van der Waals surface area contributed by atoms with Gasteiger partial charge in [-0.15, -0.1) is 0 Å². The van der Waals surface area contributed by atoms with E-state index in [1.54, 1.807) is 24.3 Å². The molecule has 0 aliphatic heterocycles. The van der Waals surface area contributed by atoms with Gasteiger partial charge in [0.05, 0.1) is 12.5 Å². The number of benzene rings is 2. The van der Waals surface area contributed by atoms with Gasteiger partial charge in [-0.2, -0.15) is 0 Å². The first-order valence-electron chi connectivity index (χ1n) is 7.44. The minimum absolute atomic E-state index is 0.0267. The monoisotopic (exact) mass is 312 g/mol. The van der Waals surface area contributed by atoms with Crippen molar-refractivity contribution in [1.82, 2.24) is 10.9 Å². The summed E-state index contributed by atoms with van der Waals surface area (Å²) in [6, 6.07) is 16.1. The number of amides is 2. The van der Waals surface area contributed by atoms with Crippen LogP contribution in [0.5, 0.6) is 5.75 Å². The number of ether oxygens (including phenoxy) is 1. The Hall–Kier alpha value is -2.82. The molecule has 5 nitrogen and oxygen atoms in total. The lowest BCUT2D eigenvalue weighted by molar-refractivity contribution is -0.121. The third-order valence-corrected chi connectivity index (χ3v) is 2.99. The van der Waals surface area contributed by atoms with Gasteiger partial charge in [0.1, 0.15) is 5.75 Å². The van der Waals surface area contributed by atoms with Gasteiger partial charge in [-0.25, -0.2) is 0 Å². The van der Waals surface area contributed by atoms with Crippen molar-refractivity contribution in [3.8, 4) is 5.75 Å². The molecule has 2 N–H and O–H groups in total. The number of carbonyl (C=O) groups is 2. The van der Waals surface area contributed by atoms with Crippen molar-refractivity contribution >= 4 is 11.8 Å². The lowest BCUT2D eigenvalue weighted by Crippen LogP contribution is -2.42. The van der Waals surface area contributed by atoms with Gasteiger partial charge in [0.25, 0.3) is 5.91 Å². The molecule has 0 heterocycles. The first-order valence-corrected chi connectivity index (χ1v) is 7.44. The van der Waals surface area contributed by atoms with Gasteiger partial charge in [0, 0.05) is 5.56 Å². The van der Waals surface area contributed by atoms with Gasteiger partial charge in [0.2, 0.25) is 5.91 Å². The number of carbonyl (C=O) groups excluding carboxylic acids is 2. The van der Waals surface area contributed by atoms with E-state index in [4.69, 9.17) is 4.74 Å². The Morgan fingerprint density at radius 2 is 1.74 bits per heavy atom. The molecule has 0 unspecified atom stereocenters. The summed E-state index contributed by atoms with van der Waals surface area (Å²) in [5.74, 6) is -0.0528. The van der Waals surface area contributed by atoms with Gasteiger partial charge in [-0.05, 0) is 37.6 Å². The van der Waals surface area contributed by atoms with Crippen LogP contribution in [0.25, 0.3) is 0 Å². The maximum Gasteiger partial charge on any atom is 0.269 e. The number of rotatable bonds is 5. The molecule has 0 spiro atoms. The Morgan fingerprint density at radius 3 is 2.43 bits per heavy atom. The highest BCUT2D eigenvalue weighted by Gasteiger charge is 2.09. The summed E-state index contributed by atoms with van der Waals surface area (Å²) in [7, 11) is 0. The van der Waals surface area contributed by atoms with Crippen LogP contribution in [0.2, 0.25) is 0 Å². The average Bonchev–Trinajstić information content (AvgIpc) is 2.53. The predicted molar refractivity (Wildman–Crippen MR) is 88.0 cm³/mol. The molecule has 0 radical (unpaired) electrons. The summed E-state index contributed by atoms with van der Waals surface area (Å²) in [6.45, 7) is 3.83. The van der Waals surface area contributed by atoms with Crippen LogP contribution < -0.4 is 15.6 Å². The molecule has 0 aliphatic carbocycles. The van der Waals surface area contributed by atoms with E-state index >= 15 is 0 Å². The Kier molecular flexibility index (Phi) is 5.74. The summed E-state index contributed by atoms with van der Waals surface area (Å²) in [5, 5.41) is 0. The van der Waals surface area contributed by atoms with Crippen LogP contribution in [0.3, 0.4) is 0 Å². The molecule has 2 rings (SSSR count). The molecule has 23 heavy (non-hydrogen) atoms. The average molecular weight is 312 g/mol. The van der Waals surface area contributed by atoms with Gasteiger partial charge in [-0.1, -0.05) is 36.4 Å². The zero-order valence-electron chi connectivity index (χ0n) is 13.2. The molecule has 0 atom stereocenters. The summed E-state index contributed by atoms with van der Waals surface area (Å²) in [4.78, 5) is 23.9. The zero-order chi connectivity index (χ0) is 16.7. The van der Waals surface area contributed by atoms with E-state index in [-0.39, 0.29) is 24.3 Å². The van der Waals surface area contributed by atoms with Crippen LogP contribution in [-0.4, -0.2) is 17.9 Å². The Morgan fingerprint density at radius 1 is 1.00 bits per heavy atom. The fourth-order valence-corrected chi connectivity index (χ4v) is 2.01. The minimum Gasteiger partial charge on any atom is -0.491 e. The van der Waals surface area contributed by atoms with E-state index in [0.717, 1.165) is 5.56 Å². The van der Waals surface area contributed by atoms with Crippen molar-refractivity contribution in [2.24, 2.45) is 0 Å². The van der Waals surface area contributed by atoms with Crippen molar-refractivity contribution < 1.29 is 14.3 Å². The van der Waals surface area contributed by atoms with E-state index in [2.05, 4.69) is 10.9 Å². The normalized spacial score (nSPS) is 10.2. The second-order valence-corrected chi connectivity index (χ2v) is 5.36. The highest BCUT2D eigenvalue weighted by atomic mass is 16.5. The molecule has 5 heteroatoms. The number of hydrogen-bond acceptors (Lipinski definition) is 3. The third-order valence-electron chi connectivity index (χ3n) is 2.99. The van der Waals surface area contributed by atoms with Crippen LogP contribution >= 0.6 is 0 Å². The molecule has 0 aliphatic rings. The molecule has 2 amide bonds. The van der Waals surface area contributed by atoms with E-state index in [9.17, 15) is 9.59 Å². The summed E-state index contributed by atoms with van der Waals surface area (Å²) < 4.78 is 5.54. The molecule has 2 aromatic carbocycles. The molecule has 0 bridgehead atoms. The standard InChI is InChI=1S/C18H20N2O3/c1-13(2)23-16-10-6-9-15(12-16)18(22)20-19-17(21)11-14-7-4-3-5-8-14/h3-10,12-13H,11H2,1-2H3,(H,19,21)(H,20,22). The first kappa shape index (κ1) is 16.5. The first-order chi connectivity index (χ1) is 11.0. The van der Waals surface area contributed by atoms with Crippen LogP contribution in [0.1, 0.15) is 29.8 Å². The fraction of sp³-hybridized carbons (Fsp3) is 0.222. The second-order valence-electron chi connectivity index (χ2n) is 5.36. The molecule has 0 aromatic heterocycles. The van der Waals surface area contributed by atoms with Crippen molar-refractivity contribution in [2.75, 3.05) is 0 Å². The van der Waals surface area contributed by atoms with E-state index in [0.29, 0.717) is 11.3 Å². The van der Waals surface area contributed by atoms with Gasteiger partial charge >= 0.3 is 0 Å². The van der Waals surface area contributed by atoms with Gasteiger partial charge < -0.3 is 4.74 Å². The van der Waals surface area contributed by atoms with Crippen molar-refractivity contribution in [2.45, 2.75) is 26.4 Å². The molecule has 120 valence electrons. The maximum absolute atomic E-state index is 12.1. The lowest BCUT2D eigenvalue weighted by atomic mass is 10.1. The molecule has 2 aromatic rings. The predicted octanol–water partition coefficient (Wildman–Crippen LogP) is 2.48. The van der Waals surface area contributed by atoms with E-state index in [1.807, 2.05) is 44.2 Å². The Bertz CT molecular complexity index is 669. The van der Waals surface area contributed by atoms with Gasteiger partial charge in [0.15, 0.2) is 0 Å². The van der Waals surface area contributed by atoms with Gasteiger partial charge in [-0.3, -0.25) is 20.4 Å². The highest BCUT2D eigenvalue weighted by Crippen LogP contribution is 2.14. The lowest BCUT2D eigenvalue weighted by Gasteiger charge is -2.11. The summed E-state index contributed by atoms with van der Waals surface area (Å²) >= 11 is 0. The molecule has 0 saturated heterocycles. The number of nitrogens with one attached hydrogen (secondary N) is 2. The zero-order valence-corrected chi connectivity index (χ0v) is 13.2. The third kappa shape index (κ3) is 5.47. The van der Waals surface area contributed by atoms with Crippen molar-refractivity contribution in [1.29, 1.82) is 0 Å². The fourth-order valence-electron chi connectivity index (χ4n) is 2.01.